The molecule has 0 saturated carbocycles. The summed E-state index contributed by atoms with van der Waals surface area (Å²) in [6.45, 7) is 1.81. The first kappa shape index (κ1) is 40.2. The van der Waals surface area contributed by atoms with Crippen molar-refractivity contribution in [1.29, 1.82) is 0 Å². The van der Waals surface area contributed by atoms with E-state index >= 15 is 0 Å². The Kier molecular flexibility index (Phi) is 9.90. The summed E-state index contributed by atoms with van der Waals surface area (Å²) < 4.78 is 41.8. The highest BCUT2D eigenvalue weighted by Crippen LogP contribution is 2.52. The Morgan fingerprint density at radius 2 is 1.33 bits per heavy atom. The maximum absolute atomic E-state index is 14.6. The molecule has 2 fully saturated rings. The molecule has 2 saturated heterocycles. The quantitative estimate of drug-likeness (QED) is 0.0923. The van der Waals surface area contributed by atoms with Gasteiger partial charge in [-0.3, -0.25) is 4.79 Å². The topological polar surface area (TPSA) is 330 Å². The number of benzene rings is 2. The number of piperazine rings is 1. The van der Waals surface area contributed by atoms with Crippen LogP contribution in [0.4, 0.5) is 18.0 Å². The number of halogens is 3. The fraction of sp³-hybridized carbons (Fsp3) is 0.517. The SMILES string of the molecule is CC(=O)N1C(O)(O)C(O)(O)N(C2CCN(C(=O)N(C)C(C)c3c(O)cc(O)c(C(F)F)c3O)C(c3c(C)c(O)c(F)c(O)c3O)C2)C(O)(O)C1(O)O. The molecular weight excluding hydrogens is 717 g/mol. The fourth-order valence-electron chi connectivity index (χ4n) is 6.77. The summed E-state index contributed by atoms with van der Waals surface area (Å²) in [5.74, 6) is -28.7. The van der Waals surface area contributed by atoms with Gasteiger partial charge in [0.25, 0.3) is 6.43 Å². The second kappa shape index (κ2) is 12.8. The van der Waals surface area contributed by atoms with Crippen molar-refractivity contribution in [3.63, 3.8) is 0 Å². The van der Waals surface area contributed by atoms with Crippen molar-refractivity contribution in [3.05, 3.63) is 34.1 Å². The molecule has 0 spiro atoms. The highest BCUT2D eigenvalue weighted by molar-refractivity contribution is 5.77. The minimum Gasteiger partial charge on any atom is -0.507 e. The lowest BCUT2D eigenvalue weighted by molar-refractivity contribution is -0.604. The number of alkyl halides is 2. The van der Waals surface area contributed by atoms with Gasteiger partial charge in [-0.15, -0.1) is 0 Å². The Bertz CT molecular complexity index is 1730. The third kappa shape index (κ3) is 5.60. The van der Waals surface area contributed by atoms with Gasteiger partial charge in [0.1, 0.15) is 22.8 Å². The highest BCUT2D eigenvalue weighted by atomic mass is 19.3. The van der Waals surface area contributed by atoms with Crippen LogP contribution in [0.1, 0.15) is 67.5 Å². The van der Waals surface area contributed by atoms with E-state index in [2.05, 4.69) is 0 Å². The fourth-order valence-corrected chi connectivity index (χ4v) is 6.77. The van der Waals surface area contributed by atoms with Crippen LogP contribution >= 0.6 is 0 Å². The van der Waals surface area contributed by atoms with Gasteiger partial charge in [0.15, 0.2) is 17.2 Å². The van der Waals surface area contributed by atoms with E-state index in [0.717, 1.165) is 30.7 Å². The standard InChI is InChI=1S/C29H37F3N4O16/c1-9-16(22(42)23(43)19(30)20(9)40)13-7-12(36-28(49,50)26(45,46)35(11(3)37)27(47,48)29(36,51)52)5-6-34(13)25(44)33(4)10(2)17-14(38)8-15(39)18(21(17)41)24(31)32/h8,10,12-13,24,38-43,45-52H,5-7H2,1-4H3. The molecule has 2 heterocycles. The molecule has 0 bridgehead atoms. The Labute approximate surface area is 290 Å². The number of aliphatic hydroxyl groups is 8. The number of carbonyl (C=O) groups is 2. The van der Waals surface area contributed by atoms with Crippen molar-refractivity contribution < 1.29 is 94.3 Å². The van der Waals surface area contributed by atoms with Gasteiger partial charge in [0.05, 0.1) is 17.6 Å². The van der Waals surface area contributed by atoms with Gasteiger partial charge < -0.3 is 81.3 Å². The van der Waals surface area contributed by atoms with E-state index in [4.69, 9.17) is 0 Å². The predicted molar refractivity (Wildman–Crippen MR) is 160 cm³/mol. The van der Waals surface area contributed by atoms with Gasteiger partial charge in [-0.1, -0.05) is 0 Å². The second-order valence-electron chi connectivity index (χ2n) is 12.5. The normalized spacial score (nSPS) is 23.1. The summed E-state index contributed by atoms with van der Waals surface area (Å²) in [5.41, 5.74) is -3.23. The van der Waals surface area contributed by atoms with Crippen LogP contribution in [-0.4, -0.2) is 146 Å². The number of aromatic hydroxyl groups is 6. The molecular formula is C29H37F3N4O16. The zero-order valence-corrected chi connectivity index (χ0v) is 27.5. The third-order valence-electron chi connectivity index (χ3n) is 9.54. The summed E-state index contributed by atoms with van der Waals surface area (Å²) in [7, 11) is 1.02. The molecule has 14 N–H and O–H groups in total. The van der Waals surface area contributed by atoms with Crippen molar-refractivity contribution in [2.24, 2.45) is 0 Å². The molecule has 0 radical (unpaired) electrons. The summed E-state index contributed by atoms with van der Waals surface area (Å²) in [6.07, 6.45) is -5.18. The molecule has 52 heavy (non-hydrogen) atoms. The number of carbonyl (C=O) groups excluding carboxylic acids is 2. The molecule has 0 aromatic heterocycles. The third-order valence-corrected chi connectivity index (χ3v) is 9.54. The smallest absolute Gasteiger partial charge is 0.326 e. The zero-order chi connectivity index (χ0) is 40.0. The van der Waals surface area contributed by atoms with Gasteiger partial charge >= 0.3 is 29.7 Å². The molecule has 2 aliphatic heterocycles. The Hall–Kier alpha value is -4.59. The highest BCUT2D eigenvalue weighted by Gasteiger charge is 2.79. The number of phenolic OH excluding ortho intramolecular Hbond substituents is 6. The molecule has 4 rings (SSSR count). The van der Waals surface area contributed by atoms with E-state index in [-0.39, 0.29) is 0 Å². The summed E-state index contributed by atoms with van der Waals surface area (Å²) in [5, 5.41) is 149. The molecule has 2 aromatic rings. The van der Waals surface area contributed by atoms with Crippen molar-refractivity contribution in [2.45, 2.75) is 81.8 Å². The van der Waals surface area contributed by atoms with Gasteiger partial charge in [-0.2, -0.15) is 9.29 Å². The molecule has 2 aromatic carbocycles. The molecule has 3 atom stereocenters. The van der Waals surface area contributed by atoms with Crippen LogP contribution in [-0.2, 0) is 4.79 Å². The Balaban J connectivity index is 1.88. The van der Waals surface area contributed by atoms with E-state index < -0.39 is 152 Å². The number of hydrogen-bond acceptors (Lipinski definition) is 17. The largest absolute Gasteiger partial charge is 0.507 e. The number of amides is 3. The number of rotatable bonds is 5. The summed E-state index contributed by atoms with van der Waals surface area (Å²) >= 11 is 0. The van der Waals surface area contributed by atoms with Gasteiger partial charge in [-0.05, 0) is 26.7 Å². The first-order valence-corrected chi connectivity index (χ1v) is 15.0. The van der Waals surface area contributed by atoms with Crippen molar-refractivity contribution in [2.75, 3.05) is 13.6 Å². The minimum atomic E-state index is -4.44. The maximum atomic E-state index is 14.6. The van der Waals surface area contributed by atoms with E-state index in [1.165, 1.54) is 0 Å². The number of urea groups is 1. The van der Waals surface area contributed by atoms with Crippen LogP contribution in [0.25, 0.3) is 0 Å². The molecule has 0 aliphatic carbocycles. The summed E-state index contributed by atoms with van der Waals surface area (Å²) in [4.78, 5) is 26.4. The Morgan fingerprint density at radius 3 is 1.81 bits per heavy atom. The number of hydrogen-bond donors (Lipinski definition) is 14. The van der Waals surface area contributed by atoms with Crippen molar-refractivity contribution >= 4 is 11.9 Å². The van der Waals surface area contributed by atoms with E-state index in [1.54, 1.807) is 0 Å². The number of phenols is 6. The van der Waals surface area contributed by atoms with E-state index in [9.17, 15) is 94.3 Å². The molecule has 3 unspecified atom stereocenters. The lowest BCUT2D eigenvalue weighted by Crippen LogP contribution is -2.92. The van der Waals surface area contributed by atoms with Gasteiger partial charge in [-0.25, -0.2) is 18.5 Å². The number of piperidine rings is 1. The van der Waals surface area contributed by atoms with Crippen LogP contribution in [0.5, 0.6) is 34.5 Å². The average Bonchev–Trinajstić information content (AvgIpc) is 3.00. The first-order valence-electron chi connectivity index (χ1n) is 15.0. The number of likely N-dealkylation sites (tertiary alicyclic amines) is 1. The van der Waals surface area contributed by atoms with Gasteiger partial charge in [0.2, 0.25) is 11.7 Å². The monoisotopic (exact) mass is 754 g/mol. The molecule has 290 valence electrons. The van der Waals surface area contributed by atoms with Crippen LogP contribution in [0.15, 0.2) is 6.07 Å². The van der Waals surface area contributed by atoms with E-state index in [0.29, 0.717) is 13.0 Å². The molecule has 3 amide bonds. The van der Waals surface area contributed by atoms with Crippen LogP contribution < -0.4 is 0 Å². The van der Waals surface area contributed by atoms with Crippen LogP contribution in [0.2, 0.25) is 0 Å². The second-order valence-corrected chi connectivity index (χ2v) is 12.5. The van der Waals surface area contributed by atoms with Crippen LogP contribution in [0.3, 0.4) is 0 Å². The zero-order valence-electron chi connectivity index (χ0n) is 27.5. The molecule has 20 nitrogen and oxygen atoms in total. The Morgan fingerprint density at radius 1 is 0.827 bits per heavy atom. The summed E-state index contributed by atoms with van der Waals surface area (Å²) in [6, 6.07) is -6.13. The lowest BCUT2D eigenvalue weighted by atomic mass is 9.86. The minimum absolute atomic E-state index is 0.451. The predicted octanol–water partition coefficient (Wildman–Crippen LogP) is -1.66. The molecule has 2 aliphatic rings. The lowest BCUT2D eigenvalue weighted by Gasteiger charge is -2.62. The van der Waals surface area contributed by atoms with Crippen LogP contribution in [0, 0.1) is 12.7 Å². The van der Waals surface area contributed by atoms with Crippen molar-refractivity contribution in [3.8, 4) is 34.5 Å². The maximum Gasteiger partial charge on any atom is 0.326 e. The van der Waals surface area contributed by atoms with Crippen molar-refractivity contribution in [1.82, 2.24) is 19.6 Å². The number of nitrogens with zero attached hydrogens (tertiary/aromatic N) is 4. The van der Waals surface area contributed by atoms with E-state index in [1.807, 2.05) is 0 Å². The molecule has 23 heteroatoms. The first-order chi connectivity index (χ1) is 23.6. The average molecular weight is 755 g/mol. The van der Waals surface area contributed by atoms with Gasteiger partial charge in [0, 0.05) is 43.8 Å².